The van der Waals surface area contributed by atoms with E-state index in [1.54, 1.807) is 19.1 Å². The van der Waals surface area contributed by atoms with Crippen molar-refractivity contribution in [3.63, 3.8) is 0 Å². The molecule has 0 aliphatic carbocycles. The van der Waals surface area contributed by atoms with Gasteiger partial charge in [0.15, 0.2) is 0 Å². The lowest BCUT2D eigenvalue weighted by Crippen LogP contribution is -2.32. The maximum atomic E-state index is 12.2. The molecule has 1 rings (SSSR count). The van der Waals surface area contributed by atoms with Crippen molar-refractivity contribution in [2.24, 2.45) is 0 Å². The second-order valence-electron chi connectivity index (χ2n) is 5.13. The van der Waals surface area contributed by atoms with Gasteiger partial charge in [0.05, 0.1) is 4.90 Å². The first-order chi connectivity index (χ1) is 9.20. The molecule has 0 saturated heterocycles. The number of benzene rings is 1. The minimum absolute atomic E-state index is 0.0512. The predicted octanol–water partition coefficient (Wildman–Crippen LogP) is 2.23. The molecule has 0 heterocycles. The van der Waals surface area contributed by atoms with Crippen molar-refractivity contribution in [2.45, 2.75) is 51.0 Å². The zero-order valence-corrected chi connectivity index (χ0v) is 12.8. The average Bonchev–Trinajstić information content (AvgIpc) is 2.26. The Morgan fingerprint density at radius 2 is 1.80 bits per heavy atom. The van der Waals surface area contributed by atoms with Crippen LogP contribution in [0.3, 0.4) is 0 Å². The molecule has 0 saturated carbocycles. The minimum Gasteiger partial charge on any atom is -0.481 e. The Labute approximate surface area is 120 Å². The van der Waals surface area contributed by atoms with Gasteiger partial charge < -0.3 is 5.11 Å². The summed E-state index contributed by atoms with van der Waals surface area (Å²) in [4.78, 5) is 10.7. The van der Waals surface area contributed by atoms with Crippen LogP contribution in [-0.2, 0) is 14.8 Å². The van der Waals surface area contributed by atoms with E-state index < -0.39 is 16.0 Å². The molecule has 0 bridgehead atoms. The molecule has 5 nitrogen and oxygen atoms in total. The van der Waals surface area contributed by atoms with Gasteiger partial charge >= 0.3 is 5.97 Å². The van der Waals surface area contributed by atoms with Crippen LogP contribution in [0, 0.1) is 13.8 Å². The third-order valence-electron chi connectivity index (χ3n) is 2.89. The molecule has 1 aromatic carbocycles. The van der Waals surface area contributed by atoms with Gasteiger partial charge in [0.1, 0.15) is 0 Å². The van der Waals surface area contributed by atoms with Crippen LogP contribution in [-0.4, -0.2) is 25.5 Å². The molecule has 0 aromatic heterocycles. The molecule has 0 amide bonds. The van der Waals surface area contributed by atoms with Gasteiger partial charge in [0.2, 0.25) is 10.0 Å². The van der Waals surface area contributed by atoms with Crippen molar-refractivity contribution < 1.29 is 18.3 Å². The standard InChI is InChI=1S/C14H21NO4S/c1-10-7-11(2)9-13(8-10)20(18,19)15-12(3)5-4-6-14(16)17/h7-9,12,15H,4-6H2,1-3H3,(H,16,17). The molecular weight excluding hydrogens is 278 g/mol. The summed E-state index contributed by atoms with van der Waals surface area (Å²) in [6.07, 6.45) is 0.998. The summed E-state index contributed by atoms with van der Waals surface area (Å²) in [7, 11) is -3.55. The third kappa shape index (κ3) is 5.30. The zero-order chi connectivity index (χ0) is 15.3. The topological polar surface area (TPSA) is 83.5 Å². The van der Waals surface area contributed by atoms with E-state index in [-0.39, 0.29) is 17.4 Å². The molecule has 112 valence electrons. The fourth-order valence-electron chi connectivity index (χ4n) is 2.04. The number of nitrogens with one attached hydrogen (secondary N) is 1. The number of rotatable bonds is 7. The summed E-state index contributed by atoms with van der Waals surface area (Å²) >= 11 is 0. The molecule has 1 atom stereocenters. The number of aliphatic carboxylic acids is 1. The molecule has 0 radical (unpaired) electrons. The SMILES string of the molecule is Cc1cc(C)cc(S(=O)(=O)NC(C)CCCC(=O)O)c1. The molecule has 6 heteroatoms. The quantitative estimate of drug-likeness (QED) is 0.808. The third-order valence-corrected chi connectivity index (χ3v) is 4.46. The van der Waals surface area contributed by atoms with Gasteiger partial charge in [-0.3, -0.25) is 4.79 Å². The Morgan fingerprint density at radius 1 is 1.25 bits per heavy atom. The Balaban J connectivity index is 2.71. The van der Waals surface area contributed by atoms with E-state index in [1.807, 2.05) is 19.9 Å². The van der Waals surface area contributed by atoms with Crippen molar-refractivity contribution in [1.82, 2.24) is 4.72 Å². The van der Waals surface area contributed by atoms with Crippen molar-refractivity contribution in [2.75, 3.05) is 0 Å². The first-order valence-electron chi connectivity index (χ1n) is 6.53. The smallest absolute Gasteiger partial charge is 0.303 e. The van der Waals surface area contributed by atoms with Gasteiger partial charge in [-0.2, -0.15) is 0 Å². The summed E-state index contributed by atoms with van der Waals surface area (Å²) < 4.78 is 27.0. The number of aryl methyl sites for hydroxylation is 2. The van der Waals surface area contributed by atoms with Crippen LogP contribution in [0.4, 0.5) is 0 Å². The van der Waals surface area contributed by atoms with E-state index in [0.717, 1.165) is 11.1 Å². The average molecular weight is 299 g/mol. The van der Waals surface area contributed by atoms with E-state index in [1.165, 1.54) is 0 Å². The maximum absolute atomic E-state index is 12.2. The fraction of sp³-hybridized carbons (Fsp3) is 0.500. The van der Waals surface area contributed by atoms with Crippen LogP contribution in [0.25, 0.3) is 0 Å². The van der Waals surface area contributed by atoms with Crippen molar-refractivity contribution in [3.05, 3.63) is 29.3 Å². The summed E-state index contributed by atoms with van der Waals surface area (Å²) in [5, 5.41) is 8.56. The van der Waals surface area contributed by atoms with Gasteiger partial charge in [0.25, 0.3) is 0 Å². The number of carboxylic acid groups (broad SMARTS) is 1. The summed E-state index contributed by atoms with van der Waals surface area (Å²) in [5.41, 5.74) is 1.79. The van der Waals surface area contributed by atoms with E-state index in [4.69, 9.17) is 5.11 Å². The van der Waals surface area contributed by atoms with Crippen LogP contribution in [0.2, 0.25) is 0 Å². The first-order valence-corrected chi connectivity index (χ1v) is 8.01. The normalized spacial score (nSPS) is 13.2. The fourth-order valence-corrected chi connectivity index (χ4v) is 3.51. The Hall–Kier alpha value is -1.40. The van der Waals surface area contributed by atoms with Crippen molar-refractivity contribution >= 4 is 16.0 Å². The molecule has 1 unspecified atom stereocenters. The summed E-state index contributed by atoms with van der Waals surface area (Å²) in [6, 6.07) is 4.87. The van der Waals surface area contributed by atoms with Crippen LogP contribution < -0.4 is 4.72 Å². The van der Waals surface area contributed by atoms with E-state index in [9.17, 15) is 13.2 Å². The lowest BCUT2D eigenvalue weighted by molar-refractivity contribution is -0.137. The van der Waals surface area contributed by atoms with Gasteiger partial charge in [0, 0.05) is 12.5 Å². The number of sulfonamides is 1. The Morgan fingerprint density at radius 3 is 2.30 bits per heavy atom. The summed E-state index contributed by atoms with van der Waals surface area (Å²) in [5.74, 6) is -0.866. The van der Waals surface area contributed by atoms with E-state index >= 15 is 0 Å². The van der Waals surface area contributed by atoms with Gasteiger partial charge in [-0.25, -0.2) is 13.1 Å². The highest BCUT2D eigenvalue weighted by atomic mass is 32.2. The van der Waals surface area contributed by atoms with E-state index in [2.05, 4.69) is 4.72 Å². The molecular formula is C14H21NO4S. The molecule has 0 aliphatic heterocycles. The van der Waals surface area contributed by atoms with Crippen LogP contribution in [0.5, 0.6) is 0 Å². The Kier molecular flexibility index (Phi) is 5.71. The largest absolute Gasteiger partial charge is 0.481 e. The predicted molar refractivity (Wildman–Crippen MR) is 77.2 cm³/mol. The monoisotopic (exact) mass is 299 g/mol. The van der Waals surface area contributed by atoms with Gasteiger partial charge in [-0.15, -0.1) is 0 Å². The van der Waals surface area contributed by atoms with Crippen molar-refractivity contribution in [3.8, 4) is 0 Å². The van der Waals surface area contributed by atoms with E-state index in [0.29, 0.717) is 12.8 Å². The molecule has 0 fully saturated rings. The summed E-state index contributed by atoms with van der Waals surface area (Å²) in [6.45, 7) is 5.44. The second kappa shape index (κ2) is 6.85. The molecule has 20 heavy (non-hydrogen) atoms. The van der Waals surface area contributed by atoms with Crippen molar-refractivity contribution in [1.29, 1.82) is 0 Å². The lowest BCUT2D eigenvalue weighted by atomic mass is 10.1. The lowest BCUT2D eigenvalue weighted by Gasteiger charge is -2.14. The van der Waals surface area contributed by atoms with Crippen LogP contribution >= 0.6 is 0 Å². The number of hydrogen-bond donors (Lipinski definition) is 2. The second-order valence-corrected chi connectivity index (χ2v) is 6.85. The molecule has 0 aliphatic rings. The van der Waals surface area contributed by atoms with Gasteiger partial charge in [-0.1, -0.05) is 6.07 Å². The highest BCUT2D eigenvalue weighted by Crippen LogP contribution is 2.15. The van der Waals surface area contributed by atoms with Crippen LogP contribution in [0.1, 0.15) is 37.3 Å². The zero-order valence-electron chi connectivity index (χ0n) is 12.0. The number of hydrogen-bond acceptors (Lipinski definition) is 3. The minimum atomic E-state index is -3.55. The Bertz CT molecular complexity index is 561. The highest BCUT2D eigenvalue weighted by Gasteiger charge is 2.18. The maximum Gasteiger partial charge on any atom is 0.303 e. The molecule has 1 aromatic rings. The van der Waals surface area contributed by atoms with Crippen LogP contribution in [0.15, 0.2) is 23.1 Å². The van der Waals surface area contributed by atoms with Gasteiger partial charge in [-0.05, 0) is 56.9 Å². The molecule has 0 spiro atoms. The first kappa shape index (κ1) is 16.7. The number of carboxylic acids is 1. The molecule has 2 N–H and O–H groups in total. The highest BCUT2D eigenvalue weighted by molar-refractivity contribution is 7.89. The number of carbonyl (C=O) groups is 1.